The van der Waals surface area contributed by atoms with Gasteiger partial charge in [-0.1, -0.05) is 5.16 Å². The lowest BCUT2D eigenvalue weighted by molar-refractivity contribution is -0.142. The number of hydrogen-bond acceptors (Lipinski definition) is 5. The van der Waals surface area contributed by atoms with Gasteiger partial charge in [0.1, 0.15) is 0 Å². The first kappa shape index (κ1) is 14.5. The molecule has 1 aromatic heterocycles. The number of carbonyl (C=O) groups excluding carboxylic acids is 1. The van der Waals surface area contributed by atoms with Gasteiger partial charge in [-0.2, -0.15) is 4.98 Å². The highest BCUT2D eigenvalue weighted by molar-refractivity contribution is 5.76. The molecule has 7 heteroatoms. The molecule has 0 aliphatic heterocycles. The summed E-state index contributed by atoms with van der Waals surface area (Å²) in [6, 6.07) is 0.0857. The molecule has 2 rings (SSSR count). The van der Waals surface area contributed by atoms with Gasteiger partial charge in [0.05, 0.1) is 5.92 Å². The van der Waals surface area contributed by atoms with E-state index in [0.717, 1.165) is 12.8 Å². The average molecular weight is 281 g/mol. The van der Waals surface area contributed by atoms with Gasteiger partial charge in [0.2, 0.25) is 11.8 Å². The molecule has 1 saturated carbocycles. The molecular weight excluding hydrogens is 262 g/mol. The monoisotopic (exact) mass is 281 g/mol. The van der Waals surface area contributed by atoms with Gasteiger partial charge in [-0.15, -0.1) is 0 Å². The summed E-state index contributed by atoms with van der Waals surface area (Å²) in [7, 11) is 0. The van der Waals surface area contributed by atoms with Crippen LogP contribution in [0.3, 0.4) is 0 Å². The van der Waals surface area contributed by atoms with E-state index in [1.54, 1.807) is 6.92 Å². The normalized spacial score (nSPS) is 22.4. The largest absolute Gasteiger partial charge is 0.481 e. The minimum atomic E-state index is -0.735. The Hall–Kier alpha value is -1.92. The maximum absolute atomic E-state index is 11.8. The number of nitrogens with one attached hydrogen (secondary N) is 1. The number of nitrogens with zero attached hydrogens (tertiary/aromatic N) is 2. The predicted octanol–water partition coefficient (Wildman–Crippen LogP) is 1.07. The van der Waals surface area contributed by atoms with Gasteiger partial charge >= 0.3 is 5.97 Å². The van der Waals surface area contributed by atoms with Gasteiger partial charge in [0, 0.05) is 18.9 Å². The first-order chi connectivity index (χ1) is 9.54. The summed E-state index contributed by atoms with van der Waals surface area (Å²) in [4.78, 5) is 26.7. The van der Waals surface area contributed by atoms with E-state index in [0.29, 0.717) is 37.4 Å². The van der Waals surface area contributed by atoms with E-state index in [1.165, 1.54) is 0 Å². The standard InChI is InChI=1S/C13H19N3O4/c1-8-14-12(20-16-8)7-6-11(17)15-10-4-2-9(3-5-10)13(18)19/h9-10H,2-7H2,1H3,(H,15,17)(H,18,19). The van der Waals surface area contributed by atoms with Crippen LogP contribution in [-0.4, -0.2) is 33.2 Å². The maximum Gasteiger partial charge on any atom is 0.306 e. The SMILES string of the molecule is Cc1noc(CCC(=O)NC2CCC(C(=O)O)CC2)n1. The zero-order valence-corrected chi connectivity index (χ0v) is 11.5. The van der Waals surface area contributed by atoms with Gasteiger partial charge in [0.25, 0.3) is 0 Å². The predicted molar refractivity (Wildman–Crippen MR) is 68.9 cm³/mol. The van der Waals surface area contributed by atoms with Crippen molar-refractivity contribution in [2.24, 2.45) is 5.92 Å². The fraction of sp³-hybridized carbons (Fsp3) is 0.692. The Labute approximate surface area is 116 Å². The van der Waals surface area contributed by atoms with Crippen LogP contribution in [0.25, 0.3) is 0 Å². The van der Waals surface area contributed by atoms with E-state index in [4.69, 9.17) is 9.63 Å². The second-order valence-corrected chi connectivity index (χ2v) is 5.19. The number of aryl methyl sites for hydroxylation is 2. The van der Waals surface area contributed by atoms with Gasteiger partial charge in [-0.25, -0.2) is 0 Å². The zero-order valence-electron chi connectivity index (χ0n) is 11.5. The molecule has 110 valence electrons. The lowest BCUT2D eigenvalue weighted by Gasteiger charge is -2.26. The zero-order chi connectivity index (χ0) is 14.5. The van der Waals surface area contributed by atoms with Gasteiger partial charge in [-0.3, -0.25) is 9.59 Å². The molecule has 0 saturated heterocycles. The van der Waals surface area contributed by atoms with Crippen molar-refractivity contribution in [2.45, 2.75) is 51.5 Å². The summed E-state index contributed by atoms with van der Waals surface area (Å²) >= 11 is 0. The van der Waals surface area contributed by atoms with Crippen LogP contribution in [0.5, 0.6) is 0 Å². The Bertz CT molecular complexity index is 478. The molecule has 2 N–H and O–H groups in total. The second-order valence-electron chi connectivity index (χ2n) is 5.19. The highest BCUT2D eigenvalue weighted by Crippen LogP contribution is 2.24. The first-order valence-electron chi connectivity index (χ1n) is 6.86. The molecule has 0 aromatic carbocycles. The minimum absolute atomic E-state index is 0.0559. The highest BCUT2D eigenvalue weighted by atomic mass is 16.5. The van der Waals surface area contributed by atoms with Crippen molar-refractivity contribution < 1.29 is 19.2 Å². The van der Waals surface area contributed by atoms with Crippen molar-refractivity contribution in [3.05, 3.63) is 11.7 Å². The molecular formula is C13H19N3O4. The summed E-state index contributed by atoms with van der Waals surface area (Å²) in [5.41, 5.74) is 0. The lowest BCUT2D eigenvalue weighted by Crippen LogP contribution is -2.38. The molecule has 0 unspecified atom stereocenters. The van der Waals surface area contributed by atoms with Crippen molar-refractivity contribution in [3.63, 3.8) is 0 Å². The average Bonchev–Trinajstić information content (AvgIpc) is 2.83. The van der Waals surface area contributed by atoms with Crippen LogP contribution in [0.15, 0.2) is 4.52 Å². The van der Waals surface area contributed by atoms with E-state index in [9.17, 15) is 9.59 Å². The molecule has 1 aliphatic rings. The number of carbonyl (C=O) groups is 2. The third-order valence-corrected chi connectivity index (χ3v) is 3.58. The molecule has 1 heterocycles. The van der Waals surface area contributed by atoms with Crippen LogP contribution in [0.1, 0.15) is 43.8 Å². The van der Waals surface area contributed by atoms with Crippen molar-refractivity contribution in [2.75, 3.05) is 0 Å². The van der Waals surface area contributed by atoms with Crippen LogP contribution >= 0.6 is 0 Å². The fourth-order valence-corrected chi connectivity index (χ4v) is 2.45. The Kier molecular flexibility index (Phi) is 4.70. The van der Waals surface area contributed by atoms with Crippen LogP contribution in [-0.2, 0) is 16.0 Å². The summed E-state index contributed by atoms with van der Waals surface area (Å²) < 4.78 is 4.94. The van der Waals surface area contributed by atoms with E-state index < -0.39 is 5.97 Å². The molecule has 0 radical (unpaired) electrons. The van der Waals surface area contributed by atoms with E-state index in [-0.39, 0.29) is 17.9 Å². The summed E-state index contributed by atoms with van der Waals surface area (Å²) in [5.74, 6) is -0.0228. The molecule has 20 heavy (non-hydrogen) atoms. The lowest BCUT2D eigenvalue weighted by atomic mass is 9.86. The topological polar surface area (TPSA) is 105 Å². The maximum atomic E-state index is 11.8. The number of rotatable bonds is 5. The molecule has 0 bridgehead atoms. The summed E-state index contributed by atoms with van der Waals surface area (Å²) in [6.45, 7) is 1.73. The van der Waals surface area contributed by atoms with Gasteiger partial charge in [-0.05, 0) is 32.6 Å². The number of hydrogen-bond donors (Lipinski definition) is 2. The molecule has 1 amide bonds. The Morgan fingerprint density at radius 1 is 1.35 bits per heavy atom. The van der Waals surface area contributed by atoms with Crippen molar-refractivity contribution in [3.8, 4) is 0 Å². The quantitative estimate of drug-likeness (QED) is 0.836. The van der Waals surface area contributed by atoms with Crippen molar-refractivity contribution in [1.29, 1.82) is 0 Å². The highest BCUT2D eigenvalue weighted by Gasteiger charge is 2.26. The smallest absolute Gasteiger partial charge is 0.306 e. The molecule has 0 atom stereocenters. The minimum Gasteiger partial charge on any atom is -0.481 e. The van der Waals surface area contributed by atoms with Crippen LogP contribution in [0, 0.1) is 12.8 Å². The number of carboxylic acid groups (broad SMARTS) is 1. The molecule has 7 nitrogen and oxygen atoms in total. The fourth-order valence-electron chi connectivity index (χ4n) is 2.45. The molecule has 1 fully saturated rings. The number of aliphatic carboxylic acids is 1. The summed E-state index contributed by atoms with van der Waals surface area (Å²) in [5, 5.41) is 15.5. The van der Waals surface area contributed by atoms with E-state index >= 15 is 0 Å². The third kappa shape index (κ3) is 4.04. The van der Waals surface area contributed by atoms with Gasteiger partial charge in [0.15, 0.2) is 5.82 Å². The van der Waals surface area contributed by atoms with Crippen LogP contribution in [0.4, 0.5) is 0 Å². The second kappa shape index (κ2) is 6.49. The summed E-state index contributed by atoms with van der Waals surface area (Å²) in [6.07, 6.45) is 3.44. The Morgan fingerprint density at radius 2 is 2.05 bits per heavy atom. The molecule has 1 aliphatic carbocycles. The van der Waals surface area contributed by atoms with Crippen molar-refractivity contribution in [1.82, 2.24) is 15.5 Å². The number of carboxylic acids is 1. The Balaban J connectivity index is 1.69. The number of amides is 1. The third-order valence-electron chi connectivity index (χ3n) is 3.58. The number of aromatic nitrogens is 2. The molecule has 1 aromatic rings. The first-order valence-corrected chi connectivity index (χ1v) is 6.86. The molecule has 0 spiro atoms. The van der Waals surface area contributed by atoms with Gasteiger partial charge < -0.3 is 14.9 Å². The van der Waals surface area contributed by atoms with Crippen molar-refractivity contribution >= 4 is 11.9 Å². The van der Waals surface area contributed by atoms with Crippen LogP contribution in [0.2, 0.25) is 0 Å². The van der Waals surface area contributed by atoms with E-state index in [1.807, 2.05) is 0 Å². The Morgan fingerprint density at radius 3 is 2.60 bits per heavy atom. The van der Waals surface area contributed by atoms with E-state index in [2.05, 4.69) is 15.5 Å². The van der Waals surface area contributed by atoms with Crippen LogP contribution < -0.4 is 5.32 Å².